The Balaban J connectivity index is 1.41. The van der Waals surface area contributed by atoms with E-state index in [2.05, 4.69) is 39.2 Å². The van der Waals surface area contributed by atoms with Gasteiger partial charge in [-0.05, 0) is 51.2 Å². The molecule has 1 N–H and O–H groups in total. The van der Waals surface area contributed by atoms with Crippen molar-refractivity contribution in [1.29, 1.82) is 0 Å². The first-order chi connectivity index (χ1) is 15.0. The van der Waals surface area contributed by atoms with Crippen LogP contribution in [-0.4, -0.2) is 38.7 Å². The zero-order chi connectivity index (χ0) is 21.8. The smallest absolute Gasteiger partial charge is 0.220 e. The van der Waals surface area contributed by atoms with Crippen LogP contribution in [0.4, 0.5) is 5.82 Å². The summed E-state index contributed by atoms with van der Waals surface area (Å²) in [5.74, 6) is 1.77. The standard InChI is InChI=1S/C24H30N6O/c1-17-7-6-8-20(13-17)15-25-24(31)10-9-21-18(2)28-30(19(21)3)23-14-22(26-16-27-23)29-11-4-5-12-29/h6-8,13-14,16H,4-5,9-12,15H2,1-3H3,(H,25,31). The molecule has 0 unspecified atom stereocenters. The van der Waals surface area contributed by atoms with Gasteiger partial charge in [-0.15, -0.1) is 0 Å². The van der Waals surface area contributed by atoms with Crippen molar-refractivity contribution >= 4 is 11.7 Å². The Hall–Kier alpha value is -3.22. The maximum absolute atomic E-state index is 12.4. The Morgan fingerprint density at radius 2 is 1.84 bits per heavy atom. The maximum atomic E-state index is 12.4. The number of nitrogens with one attached hydrogen (secondary N) is 1. The van der Waals surface area contributed by atoms with E-state index in [0.717, 1.165) is 47.2 Å². The Morgan fingerprint density at radius 1 is 1.06 bits per heavy atom. The van der Waals surface area contributed by atoms with Crippen LogP contribution in [0.5, 0.6) is 0 Å². The van der Waals surface area contributed by atoms with Gasteiger partial charge in [0.05, 0.1) is 5.69 Å². The lowest BCUT2D eigenvalue weighted by Gasteiger charge is -2.16. The third kappa shape index (κ3) is 4.93. The van der Waals surface area contributed by atoms with Crippen LogP contribution in [0, 0.1) is 20.8 Å². The van der Waals surface area contributed by atoms with Gasteiger partial charge >= 0.3 is 0 Å². The topological polar surface area (TPSA) is 75.9 Å². The zero-order valence-electron chi connectivity index (χ0n) is 18.6. The van der Waals surface area contributed by atoms with E-state index in [9.17, 15) is 4.79 Å². The van der Waals surface area contributed by atoms with E-state index in [1.165, 1.54) is 18.4 Å². The number of nitrogens with zero attached hydrogens (tertiary/aromatic N) is 5. The summed E-state index contributed by atoms with van der Waals surface area (Å²) in [7, 11) is 0. The van der Waals surface area contributed by atoms with E-state index in [1.54, 1.807) is 6.33 Å². The predicted octanol–water partition coefficient (Wildman–Crippen LogP) is 3.44. The molecular formula is C24H30N6O. The largest absolute Gasteiger partial charge is 0.356 e. The molecule has 0 atom stereocenters. The Kier molecular flexibility index (Phi) is 6.30. The molecule has 1 saturated heterocycles. The van der Waals surface area contributed by atoms with Crippen molar-refractivity contribution in [3.05, 3.63) is 64.7 Å². The van der Waals surface area contributed by atoms with Gasteiger partial charge < -0.3 is 10.2 Å². The fraction of sp³-hybridized carbons (Fsp3) is 0.417. The number of hydrogen-bond donors (Lipinski definition) is 1. The van der Waals surface area contributed by atoms with E-state index in [1.807, 2.05) is 36.7 Å². The molecule has 1 amide bonds. The molecule has 4 rings (SSSR count). The Bertz CT molecular complexity index is 1070. The summed E-state index contributed by atoms with van der Waals surface area (Å²) in [6, 6.07) is 10.2. The molecule has 3 heterocycles. The number of aromatic nitrogens is 4. The van der Waals surface area contributed by atoms with Gasteiger partial charge in [0.1, 0.15) is 12.1 Å². The van der Waals surface area contributed by atoms with Gasteiger partial charge in [-0.3, -0.25) is 4.79 Å². The lowest BCUT2D eigenvalue weighted by atomic mass is 10.1. The Labute approximate surface area is 183 Å². The minimum atomic E-state index is 0.0476. The van der Waals surface area contributed by atoms with Gasteiger partial charge in [0.25, 0.3) is 0 Å². The summed E-state index contributed by atoms with van der Waals surface area (Å²) in [5.41, 5.74) is 5.38. The van der Waals surface area contributed by atoms with Crippen LogP contribution in [-0.2, 0) is 17.8 Å². The maximum Gasteiger partial charge on any atom is 0.220 e. The molecule has 31 heavy (non-hydrogen) atoms. The fourth-order valence-electron chi connectivity index (χ4n) is 4.18. The van der Waals surface area contributed by atoms with Crippen molar-refractivity contribution in [1.82, 2.24) is 25.1 Å². The third-order valence-electron chi connectivity index (χ3n) is 5.90. The van der Waals surface area contributed by atoms with Crippen molar-refractivity contribution in [3.63, 3.8) is 0 Å². The van der Waals surface area contributed by atoms with Crippen molar-refractivity contribution < 1.29 is 4.79 Å². The number of rotatable bonds is 7. The minimum Gasteiger partial charge on any atom is -0.356 e. The van der Waals surface area contributed by atoms with Crippen molar-refractivity contribution in [2.75, 3.05) is 18.0 Å². The van der Waals surface area contributed by atoms with E-state index >= 15 is 0 Å². The first-order valence-corrected chi connectivity index (χ1v) is 11.0. The van der Waals surface area contributed by atoms with Crippen LogP contribution < -0.4 is 10.2 Å². The number of carbonyl (C=O) groups excluding carboxylic acids is 1. The molecule has 1 aliphatic rings. The van der Waals surface area contributed by atoms with E-state index in [4.69, 9.17) is 5.10 Å². The van der Waals surface area contributed by atoms with Gasteiger partial charge in [0, 0.05) is 37.8 Å². The molecule has 3 aromatic rings. The first kappa shape index (κ1) is 21.0. The van der Waals surface area contributed by atoms with Gasteiger partial charge in [-0.1, -0.05) is 29.8 Å². The summed E-state index contributed by atoms with van der Waals surface area (Å²) in [5, 5.41) is 7.73. The highest BCUT2D eigenvalue weighted by atomic mass is 16.1. The third-order valence-corrected chi connectivity index (χ3v) is 5.90. The molecule has 0 spiro atoms. The summed E-state index contributed by atoms with van der Waals surface area (Å²) < 4.78 is 1.87. The van der Waals surface area contributed by atoms with Crippen LogP contribution in [0.3, 0.4) is 0 Å². The van der Waals surface area contributed by atoms with Crippen LogP contribution >= 0.6 is 0 Å². The highest BCUT2D eigenvalue weighted by molar-refractivity contribution is 5.76. The molecule has 162 valence electrons. The highest BCUT2D eigenvalue weighted by Gasteiger charge is 2.18. The quantitative estimate of drug-likeness (QED) is 0.636. The zero-order valence-corrected chi connectivity index (χ0v) is 18.6. The second-order valence-electron chi connectivity index (χ2n) is 8.26. The lowest BCUT2D eigenvalue weighted by molar-refractivity contribution is -0.121. The fourth-order valence-corrected chi connectivity index (χ4v) is 4.18. The van der Waals surface area contributed by atoms with Crippen LogP contribution in [0.25, 0.3) is 5.82 Å². The molecular weight excluding hydrogens is 388 g/mol. The molecule has 0 bridgehead atoms. The summed E-state index contributed by atoms with van der Waals surface area (Å²) >= 11 is 0. The lowest BCUT2D eigenvalue weighted by Crippen LogP contribution is -2.23. The summed E-state index contributed by atoms with van der Waals surface area (Å²) in [4.78, 5) is 23.6. The predicted molar refractivity (Wildman–Crippen MR) is 121 cm³/mol. The highest BCUT2D eigenvalue weighted by Crippen LogP contribution is 2.22. The van der Waals surface area contributed by atoms with Crippen molar-refractivity contribution in [3.8, 4) is 5.82 Å². The van der Waals surface area contributed by atoms with Gasteiger partial charge in [0.15, 0.2) is 5.82 Å². The average Bonchev–Trinajstić information content (AvgIpc) is 3.40. The molecule has 1 aliphatic heterocycles. The van der Waals surface area contributed by atoms with Crippen LogP contribution in [0.15, 0.2) is 36.7 Å². The van der Waals surface area contributed by atoms with Gasteiger partial charge in [0.2, 0.25) is 5.91 Å². The normalized spacial score (nSPS) is 13.6. The van der Waals surface area contributed by atoms with E-state index < -0.39 is 0 Å². The minimum absolute atomic E-state index is 0.0476. The second-order valence-corrected chi connectivity index (χ2v) is 8.26. The molecule has 2 aromatic heterocycles. The van der Waals surface area contributed by atoms with Crippen LogP contribution in [0.1, 0.15) is 47.3 Å². The molecule has 0 radical (unpaired) electrons. The number of carbonyl (C=O) groups is 1. The van der Waals surface area contributed by atoms with Crippen molar-refractivity contribution in [2.45, 2.75) is 53.0 Å². The Morgan fingerprint density at radius 3 is 2.61 bits per heavy atom. The average molecular weight is 419 g/mol. The molecule has 7 heteroatoms. The second kappa shape index (κ2) is 9.29. The number of aryl methyl sites for hydroxylation is 2. The molecule has 0 saturated carbocycles. The molecule has 1 aromatic carbocycles. The molecule has 7 nitrogen and oxygen atoms in total. The number of benzene rings is 1. The molecule has 0 aliphatic carbocycles. The number of amides is 1. The van der Waals surface area contributed by atoms with Crippen LogP contribution in [0.2, 0.25) is 0 Å². The van der Waals surface area contributed by atoms with E-state index in [-0.39, 0.29) is 5.91 Å². The van der Waals surface area contributed by atoms with Gasteiger partial charge in [-0.25, -0.2) is 14.6 Å². The SMILES string of the molecule is Cc1cccc(CNC(=O)CCc2c(C)nn(-c3cc(N4CCCC4)ncn3)c2C)c1. The van der Waals surface area contributed by atoms with Crippen molar-refractivity contribution in [2.24, 2.45) is 0 Å². The molecule has 1 fully saturated rings. The monoisotopic (exact) mass is 418 g/mol. The van der Waals surface area contributed by atoms with E-state index in [0.29, 0.717) is 19.4 Å². The number of anilines is 1. The van der Waals surface area contributed by atoms with Gasteiger partial charge in [-0.2, -0.15) is 5.10 Å². The summed E-state index contributed by atoms with van der Waals surface area (Å²) in [6.45, 7) is 8.72. The first-order valence-electron chi connectivity index (χ1n) is 11.0. The summed E-state index contributed by atoms with van der Waals surface area (Å²) in [6.07, 6.45) is 5.10. The number of hydrogen-bond acceptors (Lipinski definition) is 5.